The summed E-state index contributed by atoms with van der Waals surface area (Å²) in [5.41, 5.74) is 4.19. The maximum atomic E-state index is 14.0. The van der Waals surface area contributed by atoms with Gasteiger partial charge >= 0.3 is 0 Å². The van der Waals surface area contributed by atoms with Crippen LogP contribution in [0.2, 0.25) is 5.02 Å². The molecule has 1 aliphatic heterocycles. The summed E-state index contributed by atoms with van der Waals surface area (Å²) in [6.45, 7) is 3.37. The minimum Gasteiger partial charge on any atom is -0.324 e. The van der Waals surface area contributed by atoms with Gasteiger partial charge in [-0.25, -0.2) is 0 Å². The van der Waals surface area contributed by atoms with E-state index in [-0.39, 0.29) is 0 Å². The van der Waals surface area contributed by atoms with Crippen LogP contribution in [-0.4, -0.2) is 28.7 Å². The smallest absolute Gasteiger partial charge is 0.247 e. The summed E-state index contributed by atoms with van der Waals surface area (Å²) in [6.07, 6.45) is 0. The van der Waals surface area contributed by atoms with E-state index >= 15 is 0 Å². The third-order valence-corrected chi connectivity index (χ3v) is 9.36. The predicted octanol–water partition coefficient (Wildman–Crippen LogP) is 5.57. The van der Waals surface area contributed by atoms with Crippen LogP contribution in [0.1, 0.15) is 34.7 Å². The Hall–Kier alpha value is -2.86. The number of anilines is 1. The fraction of sp³-hybridized carbons (Fsp3) is 0.250. The van der Waals surface area contributed by atoms with Crippen LogP contribution >= 0.6 is 34.8 Å². The average Bonchev–Trinajstić information content (AvgIpc) is 3.15. The van der Waals surface area contributed by atoms with Gasteiger partial charge in [-0.1, -0.05) is 66.2 Å². The first-order valence-electron chi connectivity index (χ1n) is 11.6. The molecule has 0 aromatic heterocycles. The maximum absolute atomic E-state index is 14.0. The summed E-state index contributed by atoms with van der Waals surface area (Å²) in [5, 5.41) is 3.27. The highest BCUT2D eigenvalue weighted by molar-refractivity contribution is 6.36. The number of rotatable bonds is 3. The second-order valence-electron chi connectivity index (χ2n) is 9.64. The van der Waals surface area contributed by atoms with Gasteiger partial charge in [0.05, 0.1) is 11.8 Å². The van der Waals surface area contributed by atoms with E-state index in [4.69, 9.17) is 34.8 Å². The van der Waals surface area contributed by atoms with E-state index in [2.05, 4.69) is 5.32 Å². The number of carbonyl (C=O) groups excluding carboxylic acids is 3. The van der Waals surface area contributed by atoms with Crippen LogP contribution in [0.5, 0.6) is 0 Å². The number of benzene rings is 3. The molecular formula is C28H21Cl3N2O3. The largest absolute Gasteiger partial charge is 0.324 e. The van der Waals surface area contributed by atoms with E-state index in [1.54, 1.807) is 18.2 Å². The van der Waals surface area contributed by atoms with Gasteiger partial charge in [0.25, 0.3) is 0 Å². The molecule has 3 aliphatic carbocycles. The molecule has 3 aromatic carbocycles. The lowest BCUT2D eigenvalue weighted by Gasteiger charge is -2.54. The summed E-state index contributed by atoms with van der Waals surface area (Å²) < 4.78 is 0. The van der Waals surface area contributed by atoms with E-state index in [0.29, 0.717) is 10.7 Å². The van der Waals surface area contributed by atoms with Crippen molar-refractivity contribution in [1.29, 1.82) is 0 Å². The molecule has 1 N–H and O–H groups in total. The van der Waals surface area contributed by atoms with Crippen LogP contribution in [0, 0.1) is 18.8 Å². The molecule has 0 spiro atoms. The van der Waals surface area contributed by atoms with Gasteiger partial charge in [0.2, 0.25) is 17.7 Å². The highest BCUT2D eigenvalue weighted by Crippen LogP contribution is 2.69. The van der Waals surface area contributed by atoms with E-state index in [9.17, 15) is 14.4 Å². The van der Waals surface area contributed by atoms with E-state index < -0.39 is 45.3 Å². The molecule has 2 bridgehead atoms. The Labute approximate surface area is 223 Å². The number of alkyl halides is 2. The fourth-order valence-corrected chi connectivity index (χ4v) is 7.42. The van der Waals surface area contributed by atoms with Gasteiger partial charge in [-0.15, -0.1) is 23.2 Å². The zero-order valence-electron chi connectivity index (χ0n) is 19.4. The van der Waals surface area contributed by atoms with Crippen LogP contribution in [0.3, 0.4) is 0 Å². The predicted molar refractivity (Wildman–Crippen MR) is 139 cm³/mol. The lowest BCUT2D eigenvalue weighted by atomic mass is 9.54. The first-order chi connectivity index (χ1) is 17.1. The number of hydrogen-bond donors (Lipinski definition) is 1. The summed E-state index contributed by atoms with van der Waals surface area (Å²) in [6, 6.07) is 18.9. The monoisotopic (exact) mass is 538 g/mol. The van der Waals surface area contributed by atoms with Crippen molar-refractivity contribution in [2.45, 2.75) is 29.6 Å². The minimum absolute atomic E-state index is 0.461. The lowest BCUT2D eigenvalue weighted by molar-refractivity contribution is -0.146. The molecule has 0 radical (unpaired) electrons. The Morgan fingerprint density at radius 3 is 1.75 bits per heavy atom. The molecule has 36 heavy (non-hydrogen) atoms. The normalized spacial score (nSPS) is 28.4. The van der Waals surface area contributed by atoms with Crippen LogP contribution in [-0.2, 0) is 24.1 Å². The molecule has 4 aliphatic rings. The molecular weight excluding hydrogens is 519 g/mol. The summed E-state index contributed by atoms with van der Waals surface area (Å²) in [5.74, 6) is -3.40. The SMILES string of the molecule is Cc1ccc(Cl)cc1NC(=O)[C@H](C)N1C(=O)[C@@H]2[C@@H](C1=O)C1(Cl)c3ccccc3C2(Cl)c2ccccc21. The van der Waals surface area contributed by atoms with Crippen molar-refractivity contribution in [1.82, 2.24) is 4.90 Å². The number of carbonyl (C=O) groups is 3. The molecule has 3 aromatic rings. The van der Waals surface area contributed by atoms with Crippen molar-refractivity contribution in [3.63, 3.8) is 0 Å². The highest BCUT2D eigenvalue weighted by atomic mass is 35.5. The van der Waals surface area contributed by atoms with Crippen LogP contribution in [0.15, 0.2) is 66.7 Å². The maximum Gasteiger partial charge on any atom is 0.247 e. The molecule has 1 heterocycles. The average molecular weight is 540 g/mol. The van der Waals surface area contributed by atoms with Crippen molar-refractivity contribution in [3.8, 4) is 0 Å². The second-order valence-corrected chi connectivity index (χ2v) is 11.3. The number of likely N-dealkylation sites (tertiary alicyclic amines) is 1. The van der Waals surface area contributed by atoms with Crippen molar-refractivity contribution >= 4 is 58.2 Å². The zero-order valence-corrected chi connectivity index (χ0v) is 21.7. The molecule has 1 fully saturated rings. The Bertz CT molecular complexity index is 1360. The van der Waals surface area contributed by atoms with E-state index in [1.807, 2.05) is 55.5 Å². The van der Waals surface area contributed by atoms with Crippen LogP contribution in [0.25, 0.3) is 0 Å². The Morgan fingerprint density at radius 2 is 1.31 bits per heavy atom. The second kappa shape index (κ2) is 7.82. The van der Waals surface area contributed by atoms with Crippen LogP contribution in [0.4, 0.5) is 5.69 Å². The molecule has 3 amide bonds. The first kappa shape index (κ1) is 23.5. The van der Waals surface area contributed by atoms with E-state index in [0.717, 1.165) is 32.7 Å². The third kappa shape index (κ3) is 2.82. The van der Waals surface area contributed by atoms with Gasteiger partial charge < -0.3 is 5.32 Å². The fourth-order valence-electron chi connectivity index (χ4n) is 6.15. The topological polar surface area (TPSA) is 66.5 Å². The van der Waals surface area contributed by atoms with Gasteiger partial charge in [0.1, 0.15) is 15.8 Å². The Kier molecular flexibility index (Phi) is 5.11. The molecule has 0 unspecified atom stereocenters. The van der Waals surface area contributed by atoms with Crippen LogP contribution < -0.4 is 5.32 Å². The number of imide groups is 1. The summed E-state index contributed by atoms with van der Waals surface area (Å²) in [4.78, 5) is 39.7. The van der Waals surface area contributed by atoms with Gasteiger partial charge in [0.15, 0.2) is 0 Å². The molecule has 3 atom stereocenters. The van der Waals surface area contributed by atoms with Gasteiger partial charge in [-0.2, -0.15) is 0 Å². The first-order valence-corrected chi connectivity index (χ1v) is 12.8. The third-order valence-electron chi connectivity index (χ3n) is 7.84. The molecule has 5 nitrogen and oxygen atoms in total. The summed E-state index contributed by atoms with van der Waals surface area (Å²) >= 11 is 20.9. The molecule has 182 valence electrons. The van der Waals surface area contributed by atoms with Gasteiger partial charge in [-0.3, -0.25) is 19.3 Å². The number of halogens is 3. The Morgan fingerprint density at radius 1 is 0.861 bits per heavy atom. The van der Waals surface area contributed by atoms with Crippen molar-refractivity contribution in [2.75, 3.05) is 5.32 Å². The van der Waals surface area contributed by atoms with Crippen molar-refractivity contribution in [2.24, 2.45) is 11.8 Å². The standard InChI is InChI=1S/C28H21Cl3N2O3/c1-14-11-12-16(29)13-21(14)32-24(34)15(2)33-25(35)22-23(26(33)36)28(31)18-8-4-3-7-17(18)27(22,30)19-9-5-6-10-20(19)28/h3-13,15,22-23H,1-2H3,(H,32,34)/t15-,22-,23-,27?,28?/m0/s1. The highest BCUT2D eigenvalue weighted by Gasteiger charge is 2.73. The number of nitrogens with one attached hydrogen (secondary N) is 1. The van der Waals surface area contributed by atoms with Gasteiger partial charge in [0, 0.05) is 10.7 Å². The molecule has 8 heteroatoms. The van der Waals surface area contributed by atoms with Crippen molar-refractivity contribution < 1.29 is 14.4 Å². The molecule has 0 saturated carbocycles. The number of hydrogen-bond acceptors (Lipinski definition) is 3. The number of aryl methyl sites for hydroxylation is 1. The quantitative estimate of drug-likeness (QED) is 0.350. The molecule has 1 saturated heterocycles. The summed E-state index contributed by atoms with van der Waals surface area (Å²) in [7, 11) is 0. The van der Waals surface area contributed by atoms with Crippen molar-refractivity contribution in [3.05, 3.63) is 99.6 Å². The Balaban J connectivity index is 1.45. The molecule has 7 rings (SSSR count). The number of amides is 3. The lowest BCUT2D eigenvalue weighted by Crippen LogP contribution is -2.57. The minimum atomic E-state index is -1.28. The van der Waals surface area contributed by atoms with Gasteiger partial charge in [-0.05, 0) is 53.8 Å². The number of nitrogens with zero attached hydrogens (tertiary/aromatic N) is 1. The zero-order chi connectivity index (χ0) is 25.6. The van der Waals surface area contributed by atoms with E-state index in [1.165, 1.54) is 6.92 Å².